The summed E-state index contributed by atoms with van der Waals surface area (Å²) in [5.74, 6) is 0.747. The van der Waals surface area contributed by atoms with Crippen LogP contribution in [-0.4, -0.2) is 29.0 Å². The zero-order chi connectivity index (χ0) is 13.8. The molecule has 18 heavy (non-hydrogen) atoms. The van der Waals surface area contributed by atoms with E-state index in [0.717, 1.165) is 15.8 Å². The number of benzene rings is 1. The van der Waals surface area contributed by atoms with Crippen molar-refractivity contribution in [3.8, 4) is 5.75 Å². The summed E-state index contributed by atoms with van der Waals surface area (Å²) in [5, 5.41) is 20.5. The average molecular weight is 317 g/mol. The maximum atomic E-state index is 10.3. The van der Waals surface area contributed by atoms with Crippen molar-refractivity contribution in [1.29, 1.82) is 0 Å². The number of halogens is 1. The van der Waals surface area contributed by atoms with Gasteiger partial charge in [-0.3, -0.25) is 0 Å². The fraction of sp³-hybridized carbons (Fsp3) is 0.571. The van der Waals surface area contributed by atoms with Crippen molar-refractivity contribution < 1.29 is 14.9 Å². The van der Waals surface area contributed by atoms with Crippen LogP contribution >= 0.6 is 15.9 Å². The van der Waals surface area contributed by atoms with E-state index in [1.807, 2.05) is 32.0 Å². The number of ether oxygens (including phenoxy) is 1. The zero-order valence-electron chi connectivity index (χ0n) is 11.1. The minimum absolute atomic E-state index is 0.399. The minimum Gasteiger partial charge on any atom is -0.497 e. The van der Waals surface area contributed by atoms with E-state index >= 15 is 0 Å². The van der Waals surface area contributed by atoms with Crippen LogP contribution in [0.4, 0.5) is 0 Å². The highest BCUT2D eigenvalue weighted by molar-refractivity contribution is 9.10. The second-order valence-corrected chi connectivity index (χ2v) is 5.34. The number of rotatable bonds is 6. The van der Waals surface area contributed by atoms with Crippen LogP contribution in [0.15, 0.2) is 22.7 Å². The first-order valence-electron chi connectivity index (χ1n) is 6.19. The van der Waals surface area contributed by atoms with Gasteiger partial charge in [0, 0.05) is 10.9 Å². The Balaban J connectivity index is 2.90. The third kappa shape index (κ3) is 3.46. The summed E-state index contributed by atoms with van der Waals surface area (Å²) in [5.41, 5.74) is -0.0927. The predicted molar refractivity (Wildman–Crippen MR) is 75.9 cm³/mol. The van der Waals surface area contributed by atoms with Gasteiger partial charge in [-0.15, -0.1) is 0 Å². The molecule has 0 aliphatic heterocycles. The normalized spacial score (nSPS) is 13.4. The Morgan fingerprint density at radius 1 is 1.33 bits per heavy atom. The number of aliphatic hydroxyl groups excluding tert-OH is 1. The maximum absolute atomic E-state index is 10.3. The average Bonchev–Trinajstić information content (AvgIpc) is 2.40. The van der Waals surface area contributed by atoms with E-state index in [0.29, 0.717) is 19.3 Å². The second kappa shape index (κ2) is 6.55. The highest BCUT2D eigenvalue weighted by Crippen LogP contribution is 2.28. The van der Waals surface area contributed by atoms with Gasteiger partial charge in [-0.2, -0.15) is 0 Å². The quantitative estimate of drug-likeness (QED) is 0.848. The van der Waals surface area contributed by atoms with Crippen molar-refractivity contribution in [2.75, 3.05) is 7.11 Å². The molecule has 0 amide bonds. The molecule has 102 valence electrons. The van der Waals surface area contributed by atoms with Gasteiger partial charge in [0.2, 0.25) is 0 Å². The van der Waals surface area contributed by atoms with Crippen LogP contribution in [0.2, 0.25) is 0 Å². The molecule has 0 radical (unpaired) electrons. The number of hydrogen-bond donors (Lipinski definition) is 2. The van der Waals surface area contributed by atoms with Gasteiger partial charge in [0.1, 0.15) is 5.75 Å². The summed E-state index contributed by atoms with van der Waals surface area (Å²) in [6, 6.07) is 5.61. The number of hydrogen-bond acceptors (Lipinski definition) is 3. The Morgan fingerprint density at radius 2 is 1.94 bits per heavy atom. The molecule has 2 N–H and O–H groups in total. The molecule has 0 bridgehead atoms. The molecule has 0 spiro atoms. The van der Waals surface area contributed by atoms with E-state index in [1.54, 1.807) is 7.11 Å². The van der Waals surface area contributed by atoms with Crippen LogP contribution in [0, 0.1) is 0 Å². The molecule has 3 nitrogen and oxygen atoms in total. The van der Waals surface area contributed by atoms with Crippen molar-refractivity contribution in [1.82, 2.24) is 0 Å². The van der Waals surface area contributed by atoms with E-state index in [-0.39, 0.29) is 0 Å². The van der Waals surface area contributed by atoms with Crippen LogP contribution in [0.25, 0.3) is 0 Å². The largest absolute Gasteiger partial charge is 0.497 e. The van der Waals surface area contributed by atoms with Gasteiger partial charge in [-0.1, -0.05) is 29.8 Å². The van der Waals surface area contributed by atoms with Crippen molar-refractivity contribution >= 4 is 15.9 Å². The fourth-order valence-electron chi connectivity index (χ4n) is 1.95. The Labute approximate surface area is 117 Å². The standard InChI is InChI=1S/C14H21BrO3/c1-4-14(17,5-2)13(16)9-10-8-11(18-3)6-7-12(10)15/h6-8,13,16-17H,4-5,9H2,1-3H3. The molecule has 0 saturated carbocycles. The molecular weight excluding hydrogens is 296 g/mol. The molecule has 0 aliphatic rings. The van der Waals surface area contributed by atoms with Crippen molar-refractivity contribution in [3.05, 3.63) is 28.2 Å². The topological polar surface area (TPSA) is 49.7 Å². The van der Waals surface area contributed by atoms with Crippen LogP contribution in [-0.2, 0) is 6.42 Å². The highest BCUT2D eigenvalue weighted by Gasteiger charge is 2.32. The molecule has 0 fully saturated rings. The first kappa shape index (κ1) is 15.5. The summed E-state index contributed by atoms with van der Waals surface area (Å²) < 4.78 is 6.08. The van der Waals surface area contributed by atoms with Gasteiger partial charge in [0.15, 0.2) is 0 Å². The summed E-state index contributed by atoms with van der Waals surface area (Å²) in [7, 11) is 1.61. The molecule has 1 atom stereocenters. The summed E-state index contributed by atoms with van der Waals surface area (Å²) in [6.07, 6.45) is 0.685. The number of methoxy groups -OCH3 is 1. The molecule has 1 aromatic carbocycles. The Morgan fingerprint density at radius 3 is 2.44 bits per heavy atom. The first-order chi connectivity index (χ1) is 8.46. The van der Waals surface area contributed by atoms with E-state index < -0.39 is 11.7 Å². The van der Waals surface area contributed by atoms with E-state index in [9.17, 15) is 10.2 Å². The lowest BCUT2D eigenvalue weighted by Crippen LogP contribution is -2.42. The molecule has 0 saturated heterocycles. The van der Waals surface area contributed by atoms with Gasteiger partial charge >= 0.3 is 0 Å². The monoisotopic (exact) mass is 316 g/mol. The zero-order valence-corrected chi connectivity index (χ0v) is 12.7. The smallest absolute Gasteiger partial charge is 0.119 e. The van der Waals surface area contributed by atoms with Gasteiger partial charge < -0.3 is 14.9 Å². The molecule has 1 unspecified atom stereocenters. The van der Waals surface area contributed by atoms with Gasteiger partial charge in [-0.25, -0.2) is 0 Å². The first-order valence-corrected chi connectivity index (χ1v) is 6.99. The lowest BCUT2D eigenvalue weighted by Gasteiger charge is -2.31. The lowest BCUT2D eigenvalue weighted by molar-refractivity contribution is -0.0790. The van der Waals surface area contributed by atoms with Crippen molar-refractivity contribution in [2.45, 2.75) is 44.8 Å². The van der Waals surface area contributed by atoms with Crippen molar-refractivity contribution in [2.24, 2.45) is 0 Å². The molecule has 4 heteroatoms. The van der Waals surface area contributed by atoms with E-state index in [2.05, 4.69) is 15.9 Å². The molecular formula is C14H21BrO3. The Hall–Kier alpha value is -0.580. The third-order valence-corrected chi connectivity index (χ3v) is 4.28. The Bertz CT molecular complexity index is 389. The molecule has 0 aromatic heterocycles. The van der Waals surface area contributed by atoms with Gasteiger partial charge in [0.05, 0.1) is 18.8 Å². The van der Waals surface area contributed by atoms with Crippen molar-refractivity contribution in [3.63, 3.8) is 0 Å². The maximum Gasteiger partial charge on any atom is 0.119 e. The summed E-state index contributed by atoms with van der Waals surface area (Å²) >= 11 is 3.45. The lowest BCUT2D eigenvalue weighted by atomic mass is 9.87. The van der Waals surface area contributed by atoms with Crippen LogP contribution < -0.4 is 4.74 Å². The highest BCUT2D eigenvalue weighted by atomic mass is 79.9. The molecule has 0 aliphatic carbocycles. The van der Waals surface area contributed by atoms with Gasteiger partial charge in [0.25, 0.3) is 0 Å². The second-order valence-electron chi connectivity index (χ2n) is 4.49. The minimum atomic E-state index is -1.03. The summed E-state index contributed by atoms with van der Waals surface area (Å²) in [4.78, 5) is 0. The SMILES string of the molecule is CCC(O)(CC)C(O)Cc1cc(OC)ccc1Br. The van der Waals surface area contributed by atoms with Crippen LogP contribution in [0.5, 0.6) is 5.75 Å². The predicted octanol–water partition coefficient (Wildman–Crippen LogP) is 2.91. The molecule has 0 heterocycles. The summed E-state index contributed by atoms with van der Waals surface area (Å²) in [6.45, 7) is 3.76. The Kier molecular flexibility index (Phi) is 5.63. The fourth-order valence-corrected chi connectivity index (χ4v) is 2.36. The van der Waals surface area contributed by atoms with Crippen LogP contribution in [0.3, 0.4) is 0 Å². The number of aliphatic hydroxyl groups is 2. The van der Waals surface area contributed by atoms with Crippen LogP contribution in [0.1, 0.15) is 32.3 Å². The van der Waals surface area contributed by atoms with E-state index in [4.69, 9.17) is 4.74 Å². The third-order valence-electron chi connectivity index (χ3n) is 3.51. The molecule has 1 aromatic rings. The molecule has 1 rings (SSSR count). The van der Waals surface area contributed by atoms with Gasteiger partial charge in [-0.05, 0) is 36.6 Å². The van der Waals surface area contributed by atoms with E-state index in [1.165, 1.54) is 0 Å².